The summed E-state index contributed by atoms with van der Waals surface area (Å²) >= 11 is 0. The highest BCUT2D eigenvalue weighted by atomic mass is 16.5. The van der Waals surface area contributed by atoms with Crippen molar-refractivity contribution in [2.45, 2.75) is 57.6 Å². The molecular weight excluding hydrogens is 236 g/mol. The van der Waals surface area contributed by atoms with Gasteiger partial charge in [-0.3, -0.25) is 4.98 Å². The molecule has 0 aliphatic heterocycles. The van der Waals surface area contributed by atoms with Crippen LogP contribution in [0.3, 0.4) is 0 Å². The highest BCUT2D eigenvalue weighted by Gasteiger charge is 2.32. The van der Waals surface area contributed by atoms with Crippen molar-refractivity contribution in [1.29, 1.82) is 0 Å². The van der Waals surface area contributed by atoms with Gasteiger partial charge in [0.2, 0.25) is 0 Å². The molecule has 0 spiro atoms. The van der Waals surface area contributed by atoms with Crippen molar-refractivity contribution in [3.05, 3.63) is 29.6 Å². The number of aryl methyl sites for hydroxylation is 1. The third-order valence-corrected chi connectivity index (χ3v) is 4.18. The van der Waals surface area contributed by atoms with E-state index in [1.54, 1.807) is 7.11 Å². The molecule has 19 heavy (non-hydrogen) atoms. The summed E-state index contributed by atoms with van der Waals surface area (Å²) in [5, 5.41) is 3.67. The van der Waals surface area contributed by atoms with Gasteiger partial charge in [0.25, 0.3) is 0 Å². The minimum absolute atomic E-state index is 0.213. The van der Waals surface area contributed by atoms with Crippen molar-refractivity contribution >= 4 is 0 Å². The molecule has 0 amide bonds. The van der Waals surface area contributed by atoms with Gasteiger partial charge >= 0.3 is 0 Å². The maximum absolute atomic E-state index is 5.59. The molecule has 0 radical (unpaired) electrons. The average Bonchev–Trinajstić information content (AvgIpc) is 2.47. The summed E-state index contributed by atoms with van der Waals surface area (Å²) in [6.07, 6.45) is 6.91. The molecular formula is C16H26N2O. The smallest absolute Gasteiger partial charge is 0.0702 e. The van der Waals surface area contributed by atoms with E-state index in [1.807, 2.05) is 6.20 Å². The van der Waals surface area contributed by atoms with Crippen molar-refractivity contribution < 1.29 is 4.74 Å². The van der Waals surface area contributed by atoms with Crippen molar-refractivity contribution in [3.63, 3.8) is 0 Å². The van der Waals surface area contributed by atoms with E-state index >= 15 is 0 Å². The molecule has 0 aromatic carbocycles. The molecule has 0 bridgehead atoms. The first kappa shape index (κ1) is 14.5. The fourth-order valence-electron chi connectivity index (χ4n) is 3.09. The molecule has 3 unspecified atom stereocenters. The van der Waals surface area contributed by atoms with Crippen LogP contribution in [0.5, 0.6) is 0 Å². The first-order valence-corrected chi connectivity index (χ1v) is 7.47. The van der Waals surface area contributed by atoms with E-state index < -0.39 is 0 Å². The van der Waals surface area contributed by atoms with Crippen LogP contribution in [0.1, 0.15) is 50.3 Å². The van der Waals surface area contributed by atoms with Crippen molar-refractivity contribution in [2.24, 2.45) is 0 Å². The molecule has 106 valence electrons. The minimum atomic E-state index is 0.213. The summed E-state index contributed by atoms with van der Waals surface area (Å²) in [4.78, 5) is 4.65. The number of hydrogen-bond donors (Lipinski definition) is 1. The second-order valence-corrected chi connectivity index (χ2v) is 5.47. The molecule has 0 saturated carbocycles. The molecule has 1 aromatic rings. The van der Waals surface area contributed by atoms with Crippen LogP contribution in [0, 0.1) is 0 Å². The molecule has 3 atom stereocenters. The number of methoxy groups -OCH3 is 1. The lowest BCUT2D eigenvalue weighted by atomic mass is 9.80. The maximum atomic E-state index is 5.59. The number of ether oxygens (including phenoxy) is 1. The largest absolute Gasteiger partial charge is 0.380 e. The third kappa shape index (κ3) is 3.34. The first-order chi connectivity index (χ1) is 9.27. The van der Waals surface area contributed by atoms with Gasteiger partial charge in [0.1, 0.15) is 0 Å². The predicted molar refractivity (Wildman–Crippen MR) is 78.5 cm³/mol. The van der Waals surface area contributed by atoms with E-state index in [2.05, 4.69) is 36.3 Å². The molecule has 0 fully saturated rings. The third-order valence-electron chi connectivity index (χ3n) is 4.18. The Morgan fingerprint density at radius 2 is 2.37 bits per heavy atom. The van der Waals surface area contributed by atoms with Crippen molar-refractivity contribution in [1.82, 2.24) is 10.3 Å². The quantitative estimate of drug-likeness (QED) is 0.856. The molecule has 1 aliphatic rings. The number of rotatable bonds is 6. The van der Waals surface area contributed by atoms with Gasteiger partial charge in [-0.15, -0.1) is 0 Å². The van der Waals surface area contributed by atoms with Gasteiger partial charge in [-0.1, -0.05) is 13.0 Å². The summed E-state index contributed by atoms with van der Waals surface area (Å²) in [6, 6.07) is 4.64. The van der Waals surface area contributed by atoms with Gasteiger partial charge in [0, 0.05) is 31.0 Å². The lowest BCUT2D eigenvalue weighted by molar-refractivity contribution is 0.0701. The Morgan fingerprint density at radius 1 is 1.53 bits per heavy atom. The summed E-state index contributed by atoms with van der Waals surface area (Å²) in [5.74, 6) is 0.478. The van der Waals surface area contributed by atoms with Gasteiger partial charge < -0.3 is 10.1 Å². The predicted octanol–water partition coefficient (Wildman–Crippen LogP) is 2.90. The van der Waals surface area contributed by atoms with E-state index in [-0.39, 0.29) is 6.10 Å². The van der Waals surface area contributed by atoms with Crippen molar-refractivity contribution in [2.75, 3.05) is 13.7 Å². The summed E-state index contributed by atoms with van der Waals surface area (Å²) < 4.78 is 5.59. The normalized spacial score (nSPS) is 21.7. The Morgan fingerprint density at radius 3 is 3.11 bits per heavy atom. The second kappa shape index (κ2) is 7.01. The molecule has 3 nitrogen and oxygen atoms in total. The Labute approximate surface area is 116 Å². The van der Waals surface area contributed by atoms with Crippen LogP contribution in [0.4, 0.5) is 0 Å². The Balaban J connectivity index is 2.22. The first-order valence-electron chi connectivity index (χ1n) is 7.47. The van der Waals surface area contributed by atoms with Crippen LogP contribution in [0.15, 0.2) is 18.3 Å². The van der Waals surface area contributed by atoms with Crippen LogP contribution in [-0.4, -0.2) is 30.8 Å². The highest BCUT2D eigenvalue weighted by molar-refractivity contribution is 5.27. The zero-order chi connectivity index (χ0) is 13.7. The van der Waals surface area contributed by atoms with Crippen molar-refractivity contribution in [3.8, 4) is 0 Å². The van der Waals surface area contributed by atoms with Gasteiger partial charge in [0.15, 0.2) is 0 Å². The Kier molecular flexibility index (Phi) is 5.34. The van der Waals surface area contributed by atoms with Crippen LogP contribution in [0.2, 0.25) is 0 Å². The Bertz CT molecular complexity index is 394. The molecule has 3 heteroatoms. The summed E-state index contributed by atoms with van der Waals surface area (Å²) in [5.41, 5.74) is 2.71. The van der Waals surface area contributed by atoms with E-state index in [9.17, 15) is 0 Å². The molecule has 1 N–H and O–H groups in total. The fraction of sp³-hybridized carbons (Fsp3) is 0.688. The van der Waals surface area contributed by atoms with Crippen LogP contribution in [0.25, 0.3) is 0 Å². The molecule has 0 saturated heterocycles. The maximum Gasteiger partial charge on any atom is 0.0702 e. The monoisotopic (exact) mass is 262 g/mol. The van der Waals surface area contributed by atoms with E-state index in [0.29, 0.717) is 12.0 Å². The molecule has 1 heterocycles. The van der Waals surface area contributed by atoms with Crippen LogP contribution < -0.4 is 5.32 Å². The summed E-state index contributed by atoms with van der Waals surface area (Å²) in [6.45, 7) is 5.40. The van der Waals surface area contributed by atoms with Gasteiger partial charge in [-0.25, -0.2) is 0 Å². The van der Waals surface area contributed by atoms with Gasteiger partial charge in [-0.2, -0.15) is 0 Å². The zero-order valence-corrected chi connectivity index (χ0v) is 12.4. The Hall–Kier alpha value is -0.930. The van der Waals surface area contributed by atoms with Gasteiger partial charge in [-0.05, 0) is 50.8 Å². The van der Waals surface area contributed by atoms with E-state index in [1.165, 1.54) is 30.5 Å². The molecule has 1 aliphatic carbocycles. The number of aromatic nitrogens is 1. The van der Waals surface area contributed by atoms with Gasteiger partial charge in [0.05, 0.1) is 6.10 Å². The van der Waals surface area contributed by atoms with Crippen LogP contribution in [-0.2, 0) is 11.2 Å². The molecule has 2 rings (SSSR count). The lowest BCUT2D eigenvalue weighted by Gasteiger charge is -2.35. The highest BCUT2D eigenvalue weighted by Crippen LogP contribution is 2.33. The number of nitrogens with one attached hydrogen (secondary N) is 1. The number of fused-ring (bicyclic) bond motifs is 1. The lowest BCUT2D eigenvalue weighted by Crippen LogP contribution is -2.45. The minimum Gasteiger partial charge on any atom is -0.380 e. The fourth-order valence-corrected chi connectivity index (χ4v) is 3.09. The standard InChI is InChI=1S/C16H26N2O/c1-4-10-17-15(12(2)19-3)14-9-5-7-13-8-6-11-18-16(13)14/h6,8,11-12,14-15,17H,4-5,7,9-10H2,1-3H3. The topological polar surface area (TPSA) is 34.1 Å². The average molecular weight is 262 g/mol. The summed E-state index contributed by atoms with van der Waals surface area (Å²) in [7, 11) is 1.80. The van der Waals surface area contributed by atoms with Crippen LogP contribution >= 0.6 is 0 Å². The molecule has 1 aromatic heterocycles. The zero-order valence-electron chi connectivity index (χ0n) is 12.4. The number of pyridine rings is 1. The SMILES string of the molecule is CCCNC(C(C)OC)C1CCCc2cccnc21. The second-order valence-electron chi connectivity index (χ2n) is 5.47. The number of hydrogen-bond acceptors (Lipinski definition) is 3. The van der Waals surface area contributed by atoms with E-state index in [0.717, 1.165) is 13.0 Å². The van der Waals surface area contributed by atoms with E-state index in [4.69, 9.17) is 4.74 Å². The number of nitrogens with zero attached hydrogens (tertiary/aromatic N) is 1.